The van der Waals surface area contributed by atoms with Crippen LogP contribution in [0.1, 0.15) is 27.7 Å². The Morgan fingerprint density at radius 2 is 2.15 bits per heavy atom. The molecule has 1 heterocycles. The summed E-state index contributed by atoms with van der Waals surface area (Å²) in [5.41, 5.74) is -0.854. The lowest BCUT2D eigenvalue weighted by Crippen LogP contribution is -2.52. The van der Waals surface area contributed by atoms with E-state index in [1.165, 1.54) is 0 Å². The summed E-state index contributed by atoms with van der Waals surface area (Å²) in [6.07, 6.45) is -0.779. The second kappa shape index (κ2) is 3.64. The molecule has 1 rings (SSSR count). The van der Waals surface area contributed by atoms with E-state index in [4.69, 9.17) is 14.2 Å². The number of esters is 1. The fourth-order valence-electron chi connectivity index (χ4n) is 1.25. The van der Waals surface area contributed by atoms with Gasteiger partial charge >= 0.3 is 5.97 Å². The van der Waals surface area contributed by atoms with Gasteiger partial charge in [0.2, 0.25) is 6.29 Å². The Hall–Kier alpha value is -0.610. The van der Waals surface area contributed by atoms with E-state index in [-0.39, 0.29) is 12.1 Å². The molecule has 76 valence electrons. The third-order valence-corrected chi connectivity index (χ3v) is 1.91. The van der Waals surface area contributed by atoms with Crippen molar-refractivity contribution in [3.8, 4) is 0 Å². The normalized spacial score (nSPS) is 32.8. The van der Waals surface area contributed by atoms with Crippen LogP contribution in [0.3, 0.4) is 0 Å². The first-order valence-corrected chi connectivity index (χ1v) is 4.48. The molecule has 2 atom stereocenters. The summed E-state index contributed by atoms with van der Waals surface area (Å²) in [6, 6.07) is 0. The predicted octanol–water partition coefficient (Wildman–Crippen LogP) is 1.09. The zero-order valence-electron chi connectivity index (χ0n) is 8.49. The van der Waals surface area contributed by atoms with E-state index in [2.05, 4.69) is 0 Å². The van der Waals surface area contributed by atoms with E-state index in [9.17, 15) is 4.79 Å². The number of carbonyl (C=O) groups is 1. The molecule has 0 aliphatic carbocycles. The van der Waals surface area contributed by atoms with Crippen molar-refractivity contribution < 1.29 is 19.0 Å². The third kappa shape index (κ3) is 2.19. The van der Waals surface area contributed by atoms with Crippen LogP contribution in [-0.4, -0.2) is 30.6 Å². The lowest BCUT2D eigenvalue weighted by molar-refractivity contribution is -0.267. The first kappa shape index (κ1) is 10.5. The van der Waals surface area contributed by atoms with Crippen molar-refractivity contribution in [1.29, 1.82) is 0 Å². The Bertz CT molecular complexity index is 200. The minimum atomic E-state index is -0.854. The predicted molar refractivity (Wildman–Crippen MR) is 46.1 cm³/mol. The molecule has 1 aliphatic heterocycles. The standard InChI is InChI=1S/C9H16O4/c1-5-11-7-6(2)13-9(3,4)8(10)12-7/h6-7H,5H2,1-4H3/t6-,7+/m1/s1. The van der Waals surface area contributed by atoms with Gasteiger partial charge in [-0.1, -0.05) is 0 Å². The number of hydrogen-bond donors (Lipinski definition) is 0. The molecule has 4 heteroatoms. The molecule has 0 spiro atoms. The van der Waals surface area contributed by atoms with Crippen LogP contribution in [-0.2, 0) is 19.0 Å². The van der Waals surface area contributed by atoms with Gasteiger partial charge < -0.3 is 14.2 Å². The maximum Gasteiger partial charge on any atom is 0.340 e. The van der Waals surface area contributed by atoms with E-state index in [1.807, 2.05) is 13.8 Å². The molecule has 0 aromatic carbocycles. The SMILES string of the molecule is CCO[C@H]1OC(=O)C(C)(C)O[C@@H]1C. The molecule has 1 aliphatic rings. The molecule has 0 radical (unpaired) electrons. The van der Waals surface area contributed by atoms with Crippen LogP contribution < -0.4 is 0 Å². The highest BCUT2D eigenvalue weighted by atomic mass is 16.7. The third-order valence-electron chi connectivity index (χ3n) is 1.91. The molecule has 0 amide bonds. The molecule has 0 aromatic heterocycles. The Balaban J connectivity index is 2.62. The van der Waals surface area contributed by atoms with Crippen molar-refractivity contribution in [2.45, 2.75) is 45.7 Å². The van der Waals surface area contributed by atoms with Crippen LogP contribution in [0.25, 0.3) is 0 Å². The Kier molecular flexibility index (Phi) is 2.93. The van der Waals surface area contributed by atoms with Gasteiger partial charge in [0, 0.05) is 6.61 Å². The molecule has 0 unspecified atom stereocenters. The highest BCUT2D eigenvalue weighted by molar-refractivity contribution is 5.79. The topological polar surface area (TPSA) is 44.8 Å². The summed E-state index contributed by atoms with van der Waals surface area (Å²) >= 11 is 0. The van der Waals surface area contributed by atoms with Gasteiger partial charge in [0.25, 0.3) is 0 Å². The van der Waals surface area contributed by atoms with Gasteiger partial charge in [0.05, 0.1) is 0 Å². The molecule has 1 fully saturated rings. The second-order valence-corrected chi connectivity index (χ2v) is 3.56. The summed E-state index contributed by atoms with van der Waals surface area (Å²) < 4.78 is 15.7. The average molecular weight is 188 g/mol. The van der Waals surface area contributed by atoms with Crippen LogP contribution in [0.2, 0.25) is 0 Å². The lowest BCUT2D eigenvalue weighted by Gasteiger charge is -2.37. The largest absolute Gasteiger partial charge is 0.431 e. The van der Waals surface area contributed by atoms with Crippen LogP contribution in [0.15, 0.2) is 0 Å². The summed E-state index contributed by atoms with van der Waals surface area (Å²) in [7, 11) is 0. The molecule has 0 bridgehead atoms. The highest BCUT2D eigenvalue weighted by Crippen LogP contribution is 2.24. The highest BCUT2D eigenvalue weighted by Gasteiger charge is 2.42. The van der Waals surface area contributed by atoms with Crippen molar-refractivity contribution in [3.63, 3.8) is 0 Å². The van der Waals surface area contributed by atoms with E-state index in [0.717, 1.165) is 0 Å². The van der Waals surface area contributed by atoms with E-state index in [0.29, 0.717) is 6.61 Å². The van der Waals surface area contributed by atoms with Gasteiger partial charge in [-0.3, -0.25) is 0 Å². The van der Waals surface area contributed by atoms with E-state index >= 15 is 0 Å². The lowest BCUT2D eigenvalue weighted by atomic mass is 10.1. The Morgan fingerprint density at radius 3 is 2.69 bits per heavy atom. The maximum absolute atomic E-state index is 11.3. The number of ether oxygens (including phenoxy) is 3. The Labute approximate surface area is 78.2 Å². The Morgan fingerprint density at radius 1 is 1.54 bits per heavy atom. The van der Waals surface area contributed by atoms with Crippen molar-refractivity contribution in [2.75, 3.05) is 6.61 Å². The fourth-order valence-corrected chi connectivity index (χ4v) is 1.25. The maximum atomic E-state index is 11.3. The first-order chi connectivity index (χ1) is 5.97. The second-order valence-electron chi connectivity index (χ2n) is 3.56. The molecule has 1 saturated heterocycles. The average Bonchev–Trinajstić information content (AvgIpc) is 2.00. The fraction of sp³-hybridized carbons (Fsp3) is 0.889. The monoisotopic (exact) mass is 188 g/mol. The van der Waals surface area contributed by atoms with Gasteiger partial charge in [-0.25, -0.2) is 4.79 Å². The molecule has 13 heavy (non-hydrogen) atoms. The summed E-state index contributed by atoms with van der Waals surface area (Å²) in [6.45, 7) is 7.56. The summed E-state index contributed by atoms with van der Waals surface area (Å²) in [5, 5.41) is 0. The van der Waals surface area contributed by atoms with Crippen molar-refractivity contribution in [3.05, 3.63) is 0 Å². The van der Waals surface area contributed by atoms with Crippen LogP contribution in [0.5, 0.6) is 0 Å². The minimum Gasteiger partial charge on any atom is -0.431 e. The van der Waals surface area contributed by atoms with Gasteiger partial charge in [0.15, 0.2) is 5.60 Å². The summed E-state index contributed by atoms with van der Waals surface area (Å²) in [5.74, 6) is -0.371. The zero-order chi connectivity index (χ0) is 10.1. The van der Waals surface area contributed by atoms with E-state index in [1.54, 1.807) is 13.8 Å². The van der Waals surface area contributed by atoms with Gasteiger partial charge in [-0.15, -0.1) is 0 Å². The number of hydrogen-bond acceptors (Lipinski definition) is 4. The molecule has 0 saturated carbocycles. The molecular weight excluding hydrogens is 172 g/mol. The van der Waals surface area contributed by atoms with Crippen LogP contribution >= 0.6 is 0 Å². The summed E-state index contributed by atoms with van der Waals surface area (Å²) in [4.78, 5) is 11.3. The number of cyclic esters (lactones) is 1. The van der Waals surface area contributed by atoms with Gasteiger partial charge in [-0.2, -0.15) is 0 Å². The van der Waals surface area contributed by atoms with E-state index < -0.39 is 11.9 Å². The van der Waals surface area contributed by atoms with Crippen molar-refractivity contribution in [1.82, 2.24) is 0 Å². The first-order valence-electron chi connectivity index (χ1n) is 4.48. The minimum absolute atomic E-state index is 0.215. The quantitative estimate of drug-likeness (QED) is 0.608. The zero-order valence-corrected chi connectivity index (χ0v) is 8.49. The molecule has 4 nitrogen and oxygen atoms in total. The van der Waals surface area contributed by atoms with Crippen LogP contribution in [0.4, 0.5) is 0 Å². The van der Waals surface area contributed by atoms with Crippen molar-refractivity contribution >= 4 is 5.97 Å². The van der Waals surface area contributed by atoms with Gasteiger partial charge in [0.1, 0.15) is 6.10 Å². The number of rotatable bonds is 2. The molecule has 0 N–H and O–H groups in total. The smallest absolute Gasteiger partial charge is 0.340 e. The van der Waals surface area contributed by atoms with Crippen molar-refractivity contribution in [2.24, 2.45) is 0 Å². The molecule has 0 aromatic rings. The molecular formula is C9H16O4. The van der Waals surface area contributed by atoms with Crippen LogP contribution in [0, 0.1) is 0 Å². The van der Waals surface area contributed by atoms with Gasteiger partial charge in [-0.05, 0) is 27.7 Å². The number of carbonyl (C=O) groups excluding carboxylic acids is 1.